The summed E-state index contributed by atoms with van der Waals surface area (Å²) >= 11 is 0. The lowest BCUT2D eigenvalue weighted by atomic mass is 9.83. The number of benzene rings is 1. The second-order valence-electron chi connectivity index (χ2n) is 7.39. The van der Waals surface area contributed by atoms with Gasteiger partial charge in [0, 0.05) is 37.2 Å². The van der Waals surface area contributed by atoms with Gasteiger partial charge in [0.1, 0.15) is 11.3 Å². The summed E-state index contributed by atoms with van der Waals surface area (Å²) in [6, 6.07) is 11.1. The van der Waals surface area contributed by atoms with E-state index < -0.39 is 11.9 Å². The molecule has 8 heteroatoms. The summed E-state index contributed by atoms with van der Waals surface area (Å²) in [5.74, 6) is -0.980. The molecule has 3 aromatic rings. The number of esters is 1. The average molecular weight is 420 g/mol. The number of ether oxygens (including phenoxy) is 2. The zero-order valence-corrected chi connectivity index (χ0v) is 17.4. The van der Waals surface area contributed by atoms with Gasteiger partial charge < -0.3 is 24.3 Å². The van der Waals surface area contributed by atoms with E-state index in [1.807, 2.05) is 48.0 Å². The van der Waals surface area contributed by atoms with E-state index in [1.54, 1.807) is 23.2 Å². The van der Waals surface area contributed by atoms with Gasteiger partial charge in [-0.15, -0.1) is 0 Å². The second-order valence-corrected chi connectivity index (χ2v) is 7.39. The van der Waals surface area contributed by atoms with Gasteiger partial charge in [0.2, 0.25) is 5.88 Å². The number of hydrogen-bond acceptors (Lipinski definition) is 6. The number of fused-ring (bicyclic) bond motifs is 1. The smallest absolute Gasteiger partial charge is 0.340 e. The Labute approximate surface area is 179 Å². The lowest BCUT2D eigenvalue weighted by Gasteiger charge is -2.29. The predicted octanol–water partition coefficient (Wildman–Crippen LogP) is 2.31. The topological polar surface area (TPSA) is 101 Å². The highest BCUT2D eigenvalue weighted by molar-refractivity contribution is 5.92. The van der Waals surface area contributed by atoms with Gasteiger partial charge in [-0.25, -0.2) is 9.78 Å². The number of rotatable bonds is 6. The largest absolute Gasteiger partial charge is 0.465 e. The van der Waals surface area contributed by atoms with E-state index in [-0.39, 0.29) is 17.0 Å². The van der Waals surface area contributed by atoms with Crippen molar-refractivity contribution in [2.45, 2.75) is 32.4 Å². The molecule has 8 nitrogen and oxygen atoms in total. The number of carbonyl (C=O) groups excluding carboxylic acids is 1. The molecular formula is C23H24N4O4. The van der Waals surface area contributed by atoms with Crippen molar-refractivity contribution in [3.05, 3.63) is 93.8 Å². The molecule has 0 radical (unpaired) electrons. The van der Waals surface area contributed by atoms with Gasteiger partial charge in [0.15, 0.2) is 0 Å². The molecule has 1 aliphatic heterocycles. The Kier molecular flexibility index (Phi) is 5.62. The van der Waals surface area contributed by atoms with E-state index in [4.69, 9.17) is 15.2 Å². The fourth-order valence-electron chi connectivity index (χ4n) is 3.98. The minimum atomic E-state index is -0.676. The van der Waals surface area contributed by atoms with E-state index >= 15 is 0 Å². The van der Waals surface area contributed by atoms with Crippen molar-refractivity contribution in [3.63, 3.8) is 0 Å². The second kappa shape index (κ2) is 8.51. The van der Waals surface area contributed by atoms with Gasteiger partial charge >= 0.3 is 5.97 Å². The highest BCUT2D eigenvalue weighted by atomic mass is 16.5. The molecule has 3 heterocycles. The van der Waals surface area contributed by atoms with Gasteiger partial charge in [-0.2, -0.15) is 0 Å². The summed E-state index contributed by atoms with van der Waals surface area (Å²) < 4.78 is 14.4. The SMILES string of the molecule is COC(=O)C1=C(N)Oc2cc(C)n(CCCn3ccnc3)c(=O)c2[C@H]1c1ccccc1. The molecule has 0 bridgehead atoms. The Bertz CT molecular complexity index is 1180. The van der Waals surface area contributed by atoms with Crippen molar-refractivity contribution in [3.8, 4) is 5.75 Å². The zero-order valence-electron chi connectivity index (χ0n) is 17.4. The van der Waals surface area contributed by atoms with Crippen molar-refractivity contribution in [1.29, 1.82) is 0 Å². The maximum atomic E-state index is 13.6. The molecule has 1 atom stereocenters. The Morgan fingerprint density at radius 1 is 1.26 bits per heavy atom. The highest BCUT2D eigenvalue weighted by Crippen LogP contribution is 2.41. The third-order valence-electron chi connectivity index (χ3n) is 5.46. The van der Waals surface area contributed by atoms with Crippen molar-refractivity contribution in [1.82, 2.24) is 14.1 Å². The first-order valence-corrected chi connectivity index (χ1v) is 10.0. The quantitative estimate of drug-likeness (QED) is 0.614. The Morgan fingerprint density at radius 3 is 2.71 bits per heavy atom. The lowest BCUT2D eigenvalue weighted by Crippen LogP contribution is -2.35. The number of aryl methyl sites for hydroxylation is 2. The maximum absolute atomic E-state index is 13.6. The van der Waals surface area contributed by atoms with Crippen LogP contribution >= 0.6 is 0 Å². The van der Waals surface area contributed by atoms with Crippen LogP contribution in [-0.2, 0) is 22.6 Å². The molecule has 4 rings (SSSR count). The number of nitrogens with zero attached hydrogens (tertiary/aromatic N) is 3. The molecular weight excluding hydrogens is 396 g/mol. The van der Waals surface area contributed by atoms with Crippen molar-refractivity contribution < 1.29 is 14.3 Å². The first-order chi connectivity index (χ1) is 15.0. The Morgan fingerprint density at radius 2 is 2.03 bits per heavy atom. The van der Waals surface area contributed by atoms with Gasteiger partial charge in [-0.3, -0.25) is 4.79 Å². The van der Waals surface area contributed by atoms with Gasteiger partial charge in [-0.1, -0.05) is 30.3 Å². The lowest BCUT2D eigenvalue weighted by molar-refractivity contribution is -0.136. The van der Waals surface area contributed by atoms with Gasteiger partial charge in [0.05, 0.1) is 24.9 Å². The van der Waals surface area contributed by atoms with Crippen LogP contribution in [0.25, 0.3) is 0 Å². The fourth-order valence-corrected chi connectivity index (χ4v) is 3.98. The monoisotopic (exact) mass is 420 g/mol. The molecule has 31 heavy (non-hydrogen) atoms. The predicted molar refractivity (Wildman–Crippen MR) is 114 cm³/mol. The van der Waals surface area contributed by atoms with Gasteiger partial charge in [-0.05, 0) is 18.9 Å². The molecule has 0 aliphatic carbocycles. The normalized spacial score (nSPS) is 15.4. The molecule has 160 valence electrons. The summed E-state index contributed by atoms with van der Waals surface area (Å²) in [6.07, 6.45) is 6.10. The number of aromatic nitrogens is 3. The number of pyridine rings is 1. The minimum absolute atomic E-state index is 0.0511. The van der Waals surface area contributed by atoms with Crippen LogP contribution in [0.3, 0.4) is 0 Å². The van der Waals surface area contributed by atoms with Crippen molar-refractivity contribution in [2.75, 3.05) is 7.11 Å². The molecule has 0 unspecified atom stereocenters. The van der Waals surface area contributed by atoms with Crippen LogP contribution in [0.4, 0.5) is 0 Å². The molecule has 1 aliphatic rings. The first kappa shape index (κ1) is 20.5. The Hall–Kier alpha value is -3.81. The summed E-state index contributed by atoms with van der Waals surface area (Å²) in [5.41, 5.74) is 7.94. The van der Waals surface area contributed by atoms with Crippen LogP contribution in [0.15, 0.2) is 71.4 Å². The molecule has 0 fully saturated rings. The fraction of sp³-hybridized carbons (Fsp3) is 0.261. The molecule has 0 saturated heterocycles. The van der Waals surface area contributed by atoms with Crippen molar-refractivity contribution >= 4 is 5.97 Å². The molecule has 0 amide bonds. The van der Waals surface area contributed by atoms with Crippen LogP contribution in [0, 0.1) is 6.92 Å². The van der Waals surface area contributed by atoms with Crippen LogP contribution in [0.5, 0.6) is 5.75 Å². The van der Waals surface area contributed by atoms with E-state index in [0.29, 0.717) is 17.9 Å². The number of methoxy groups -OCH3 is 1. The highest BCUT2D eigenvalue weighted by Gasteiger charge is 2.38. The van der Waals surface area contributed by atoms with Crippen LogP contribution < -0.4 is 16.0 Å². The van der Waals surface area contributed by atoms with E-state index in [0.717, 1.165) is 24.2 Å². The van der Waals surface area contributed by atoms with E-state index in [2.05, 4.69) is 4.98 Å². The van der Waals surface area contributed by atoms with Gasteiger partial charge in [0.25, 0.3) is 5.56 Å². The summed E-state index contributed by atoms with van der Waals surface area (Å²) in [6.45, 7) is 3.11. The van der Waals surface area contributed by atoms with Crippen LogP contribution in [0.2, 0.25) is 0 Å². The number of imidazole rings is 1. The first-order valence-electron chi connectivity index (χ1n) is 10.0. The third kappa shape index (κ3) is 3.84. The van der Waals surface area contributed by atoms with Crippen LogP contribution in [-0.4, -0.2) is 27.2 Å². The number of hydrogen-bond donors (Lipinski definition) is 1. The van der Waals surface area contributed by atoms with Crippen LogP contribution in [0.1, 0.15) is 29.2 Å². The molecule has 0 spiro atoms. The third-order valence-corrected chi connectivity index (χ3v) is 5.46. The Balaban J connectivity index is 1.79. The minimum Gasteiger partial charge on any atom is -0.465 e. The van der Waals surface area contributed by atoms with E-state index in [9.17, 15) is 9.59 Å². The van der Waals surface area contributed by atoms with E-state index in [1.165, 1.54) is 7.11 Å². The zero-order chi connectivity index (χ0) is 22.0. The molecule has 1 aromatic carbocycles. The summed E-state index contributed by atoms with van der Waals surface area (Å²) in [5, 5.41) is 0. The standard InChI is InChI=1S/C23H24N4O4/c1-15-13-17-19(22(28)27(15)11-6-10-26-12-9-25-14-26)18(16-7-4-3-5-8-16)20(21(24)31-17)23(29)30-2/h3-5,7-9,12-14,18H,6,10-11,24H2,1-2H3/t18-/m1/s1. The molecule has 2 N–H and O–H groups in total. The maximum Gasteiger partial charge on any atom is 0.340 e. The molecule has 0 saturated carbocycles. The number of carbonyl (C=O) groups is 1. The average Bonchev–Trinajstić information content (AvgIpc) is 3.28. The molecule has 2 aromatic heterocycles. The van der Waals surface area contributed by atoms with Crippen molar-refractivity contribution in [2.24, 2.45) is 5.73 Å². The summed E-state index contributed by atoms with van der Waals surface area (Å²) in [7, 11) is 1.28. The number of nitrogens with two attached hydrogens (primary N) is 1. The summed E-state index contributed by atoms with van der Waals surface area (Å²) in [4.78, 5) is 30.2.